The molecule has 0 saturated carbocycles. The molecule has 0 amide bonds. The second kappa shape index (κ2) is 3.71. The average Bonchev–Trinajstić information content (AvgIpc) is 1.85. The first-order valence-electron chi connectivity index (χ1n) is 3.05. The normalized spacial score (nSPS) is 17.5. The summed E-state index contributed by atoms with van der Waals surface area (Å²) in [7, 11) is 0. The van der Waals surface area contributed by atoms with Crippen molar-refractivity contribution in [3.05, 3.63) is 0 Å². The van der Waals surface area contributed by atoms with Crippen molar-refractivity contribution in [1.82, 2.24) is 0 Å². The molecular formula is C6H9F3O2. The molecule has 0 aliphatic carbocycles. The Morgan fingerprint density at radius 3 is 2.09 bits per heavy atom. The molecule has 2 atom stereocenters. The first-order chi connectivity index (χ1) is 4.88. The average molecular weight is 170 g/mol. The van der Waals surface area contributed by atoms with Gasteiger partial charge in [-0.05, 0) is 13.8 Å². The lowest BCUT2D eigenvalue weighted by molar-refractivity contribution is -0.221. The molecule has 2 nitrogen and oxygen atoms in total. The SMILES string of the molecule is C[C@H](C=O)O[C@@H](C)C(F)(F)F. The van der Waals surface area contributed by atoms with E-state index in [9.17, 15) is 18.0 Å². The van der Waals surface area contributed by atoms with Crippen LogP contribution in [0.4, 0.5) is 13.2 Å². The maximum atomic E-state index is 11.7. The summed E-state index contributed by atoms with van der Waals surface area (Å²) >= 11 is 0. The number of ether oxygens (including phenoxy) is 1. The Morgan fingerprint density at radius 1 is 1.36 bits per heavy atom. The molecule has 0 aliphatic rings. The fourth-order valence-corrected chi connectivity index (χ4v) is 0.431. The third-order valence-electron chi connectivity index (χ3n) is 1.07. The maximum Gasteiger partial charge on any atom is 0.414 e. The zero-order valence-corrected chi connectivity index (χ0v) is 6.18. The molecule has 11 heavy (non-hydrogen) atoms. The number of hydrogen-bond donors (Lipinski definition) is 0. The second-order valence-corrected chi connectivity index (χ2v) is 2.16. The first-order valence-corrected chi connectivity index (χ1v) is 3.05. The Bertz CT molecular complexity index is 132. The van der Waals surface area contributed by atoms with Crippen molar-refractivity contribution in [3.8, 4) is 0 Å². The van der Waals surface area contributed by atoms with E-state index in [4.69, 9.17) is 0 Å². The molecule has 66 valence electrons. The number of aldehydes is 1. The summed E-state index contributed by atoms with van der Waals surface area (Å²) < 4.78 is 39.4. The van der Waals surface area contributed by atoms with E-state index in [1.807, 2.05) is 0 Å². The summed E-state index contributed by atoms with van der Waals surface area (Å²) in [5, 5.41) is 0. The van der Waals surface area contributed by atoms with Gasteiger partial charge in [0.25, 0.3) is 0 Å². The van der Waals surface area contributed by atoms with Crippen LogP contribution < -0.4 is 0 Å². The zero-order chi connectivity index (χ0) is 9.07. The number of halogens is 3. The monoisotopic (exact) mass is 170 g/mol. The van der Waals surface area contributed by atoms with E-state index in [0.29, 0.717) is 6.29 Å². The van der Waals surface area contributed by atoms with Gasteiger partial charge in [0.15, 0.2) is 6.10 Å². The van der Waals surface area contributed by atoms with Crippen molar-refractivity contribution in [3.63, 3.8) is 0 Å². The summed E-state index contributed by atoms with van der Waals surface area (Å²) in [6.07, 6.45) is -6.96. The van der Waals surface area contributed by atoms with E-state index < -0.39 is 18.4 Å². The van der Waals surface area contributed by atoms with Gasteiger partial charge in [-0.25, -0.2) is 0 Å². The summed E-state index contributed by atoms with van der Waals surface area (Å²) in [5.41, 5.74) is 0. The van der Waals surface area contributed by atoms with Crippen LogP contribution in [0.2, 0.25) is 0 Å². The van der Waals surface area contributed by atoms with Crippen LogP contribution in [-0.4, -0.2) is 24.7 Å². The minimum atomic E-state index is -4.39. The quantitative estimate of drug-likeness (QED) is 0.600. The summed E-state index contributed by atoms with van der Waals surface area (Å²) in [6.45, 7) is 2.12. The predicted molar refractivity (Wildman–Crippen MR) is 32.1 cm³/mol. The summed E-state index contributed by atoms with van der Waals surface area (Å²) in [4.78, 5) is 9.87. The van der Waals surface area contributed by atoms with Gasteiger partial charge in [0.05, 0.1) is 0 Å². The molecular weight excluding hydrogens is 161 g/mol. The summed E-state index contributed by atoms with van der Waals surface area (Å²) in [5.74, 6) is 0. The molecule has 0 heterocycles. The molecule has 0 aromatic heterocycles. The Labute approximate surface area is 62.3 Å². The van der Waals surface area contributed by atoms with Gasteiger partial charge in [-0.15, -0.1) is 0 Å². The van der Waals surface area contributed by atoms with Crippen LogP contribution in [0.3, 0.4) is 0 Å². The Morgan fingerprint density at radius 2 is 1.82 bits per heavy atom. The van der Waals surface area contributed by atoms with Crippen molar-refractivity contribution in [2.45, 2.75) is 32.2 Å². The first kappa shape index (κ1) is 10.4. The largest absolute Gasteiger partial charge is 0.414 e. The number of alkyl halides is 3. The van der Waals surface area contributed by atoms with E-state index >= 15 is 0 Å². The molecule has 0 spiro atoms. The van der Waals surface area contributed by atoms with Gasteiger partial charge in [-0.2, -0.15) is 13.2 Å². The lowest BCUT2D eigenvalue weighted by atomic mass is 10.3. The van der Waals surface area contributed by atoms with Gasteiger partial charge >= 0.3 is 6.18 Å². The van der Waals surface area contributed by atoms with Gasteiger partial charge < -0.3 is 9.53 Å². The molecule has 0 rings (SSSR count). The van der Waals surface area contributed by atoms with Crippen LogP contribution in [0.25, 0.3) is 0 Å². The molecule has 0 aromatic rings. The van der Waals surface area contributed by atoms with Gasteiger partial charge in [-0.1, -0.05) is 0 Å². The van der Waals surface area contributed by atoms with Crippen molar-refractivity contribution in [1.29, 1.82) is 0 Å². The van der Waals surface area contributed by atoms with E-state index in [-0.39, 0.29) is 0 Å². The third kappa shape index (κ3) is 3.98. The van der Waals surface area contributed by atoms with Gasteiger partial charge in [0.2, 0.25) is 0 Å². The molecule has 0 aliphatic heterocycles. The van der Waals surface area contributed by atoms with Crippen molar-refractivity contribution < 1.29 is 22.7 Å². The highest BCUT2D eigenvalue weighted by molar-refractivity contribution is 5.55. The van der Waals surface area contributed by atoms with Crippen molar-refractivity contribution in [2.75, 3.05) is 0 Å². The van der Waals surface area contributed by atoms with E-state index in [1.54, 1.807) is 0 Å². The van der Waals surface area contributed by atoms with Crippen LogP contribution in [0.5, 0.6) is 0 Å². The second-order valence-electron chi connectivity index (χ2n) is 2.16. The van der Waals surface area contributed by atoms with Crippen LogP contribution in [0.1, 0.15) is 13.8 Å². The molecule has 0 fully saturated rings. The van der Waals surface area contributed by atoms with Gasteiger partial charge in [0, 0.05) is 0 Å². The topological polar surface area (TPSA) is 26.3 Å². The van der Waals surface area contributed by atoms with Gasteiger partial charge in [0.1, 0.15) is 12.4 Å². The van der Waals surface area contributed by atoms with E-state index in [2.05, 4.69) is 4.74 Å². The van der Waals surface area contributed by atoms with Crippen LogP contribution in [0.15, 0.2) is 0 Å². The van der Waals surface area contributed by atoms with E-state index in [0.717, 1.165) is 6.92 Å². The highest BCUT2D eigenvalue weighted by Gasteiger charge is 2.37. The van der Waals surface area contributed by atoms with Crippen LogP contribution in [-0.2, 0) is 9.53 Å². The minimum absolute atomic E-state index is 0.322. The molecule has 0 aromatic carbocycles. The standard InChI is InChI=1S/C6H9F3O2/c1-4(3-10)11-5(2)6(7,8)9/h3-5H,1-2H3/t4-,5+/m1/s1. The Balaban J connectivity index is 3.87. The molecule has 0 bridgehead atoms. The number of carbonyl (C=O) groups excluding carboxylic acids is 1. The minimum Gasteiger partial charge on any atom is -0.359 e. The van der Waals surface area contributed by atoms with E-state index in [1.165, 1.54) is 6.92 Å². The van der Waals surface area contributed by atoms with Crippen molar-refractivity contribution in [2.24, 2.45) is 0 Å². The van der Waals surface area contributed by atoms with Gasteiger partial charge in [-0.3, -0.25) is 0 Å². The highest BCUT2D eigenvalue weighted by Crippen LogP contribution is 2.22. The number of hydrogen-bond acceptors (Lipinski definition) is 2. The summed E-state index contributed by atoms with van der Waals surface area (Å²) in [6, 6.07) is 0. The Hall–Kier alpha value is -0.580. The smallest absolute Gasteiger partial charge is 0.359 e. The van der Waals surface area contributed by atoms with Crippen LogP contribution >= 0.6 is 0 Å². The predicted octanol–water partition coefficient (Wildman–Crippen LogP) is 1.54. The highest BCUT2D eigenvalue weighted by atomic mass is 19.4. The molecule has 0 N–H and O–H groups in total. The van der Waals surface area contributed by atoms with Crippen molar-refractivity contribution >= 4 is 6.29 Å². The molecule has 5 heteroatoms. The molecule has 0 saturated heterocycles. The third-order valence-corrected chi connectivity index (χ3v) is 1.07. The zero-order valence-electron chi connectivity index (χ0n) is 6.18. The number of carbonyl (C=O) groups is 1. The Kier molecular flexibility index (Phi) is 3.51. The fourth-order valence-electron chi connectivity index (χ4n) is 0.431. The lowest BCUT2D eigenvalue weighted by Crippen LogP contribution is -2.32. The van der Waals surface area contributed by atoms with Crippen LogP contribution in [0, 0.1) is 0 Å². The fraction of sp³-hybridized carbons (Fsp3) is 0.833. The maximum absolute atomic E-state index is 11.7. The molecule has 0 unspecified atom stereocenters. The number of rotatable bonds is 3. The lowest BCUT2D eigenvalue weighted by Gasteiger charge is -2.17. The molecule has 0 radical (unpaired) electrons.